The van der Waals surface area contributed by atoms with Crippen LogP contribution in [0.2, 0.25) is 0 Å². The normalized spacial score (nSPS) is 12.4. The molecule has 0 aliphatic rings. The van der Waals surface area contributed by atoms with Gasteiger partial charge in [-0.25, -0.2) is 0 Å². The molecule has 5 nitrogen and oxygen atoms in total. The molecule has 0 saturated carbocycles. The van der Waals surface area contributed by atoms with E-state index in [4.69, 9.17) is 5.11 Å². The fourth-order valence-electron chi connectivity index (χ4n) is 1.66. The lowest BCUT2D eigenvalue weighted by atomic mass is 10.1. The fourth-order valence-corrected chi connectivity index (χ4v) is 1.66. The number of aryl methyl sites for hydroxylation is 1. The van der Waals surface area contributed by atoms with Crippen molar-refractivity contribution in [3.05, 3.63) is 36.5 Å². The molecule has 0 radical (unpaired) electrons. The van der Waals surface area contributed by atoms with Gasteiger partial charge in [0.15, 0.2) is 0 Å². The van der Waals surface area contributed by atoms with Crippen LogP contribution >= 0.6 is 0 Å². The van der Waals surface area contributed by atoms with Crippen molar-refractivity contribution in [2.24, 2.45) is 7.05 Å². The van der Waals surface area contributed by atoms with Crippen molar-refractivity contribution in [2.45, 2.75) is 6.10 Å². The lowest BCUT2D eigenvalue weighted by Crippen LogP contribution is -2.22. The Morgan fingerprint density at radius 2 is 2.22 bits per heavy atom. The molecule has 5 heteroatoms. The van der Waals surface area contributed by atoms with E-state index in [1.54, 1.807) is 4.68 Å². The minimum atomic E-state index is -0.747. The van der Waals surface area contributed by atoms with Crippen molar-refractivity contribution < 1.29 is 10.2 Å². The van der Waals surface area contributed by atoms with Crippen molar-refractivity contribution in [1.29, 1.82) is 0 Å². The van der Waals surface area contributed by atoms with E-state index in [0.717, 1.165) is 16.9 Å². The van der Waals surface area contributed by atoms with Crippen LogP contribution < -0.4 is 5.32 Å². The molecule has 0 fully saturated rings. The number of aromatic nitrogens is 2. The Labute approximate surface area is 106 Å². The first kappa shape index (κ1) is 12.6. The topological polar surface area (TPSA) is 70.3 Å². The smallest absolute Gasteiger partial charge is 0.0942 e. The molecule has 0 aliphatic heterocycles. The summed E-state index contributed by atoms with van der Waals surface area (Å²) in [6.45, 7) is 0.0785. The van der Waals surface area contributed by atoms with Crippen molar-refractivity contribution in [2.75, 3.05) is 18.5 Å². The molecular formula is C13H17N3O2. The Balaban J connectivity index is 2.10. The summed E-state index contributed by atoms with van der Waals surface area (Å²) in [4.78, 5) is 0. The summed E-state index contributed by atoms with van der Waals surface area (Å²) in [6.07, 6.45) is 1.15. The maximum Gasteiger partial charge on any atom is 0.0942 e. The molecule has 0 saturated heterocycles. The monoisotopic (exact) mass is 247 g/mol. The summed E-state index contributed by atoms with van der Waals surface area (Å²) in [7, 11) is 1.88. The Bertz CT molecular complexity index is 510. The number of benzene rings is 1. The number of nitrogens with zero attached hydrogens (tertiary/aromatic N) is 2. The summed E-state index contributed by atoms with van der Waals surface area (Å²) in [5.74, 6) is 0. The molecule has 1 heterocycles. The Morgan fingerprint density at radius 3 is 2.89 bits per heavy atom. The molecule has 0 bridgehead atoms. The average molecular weight is 247 g/mol. The van der Waals surface area contributed by atoms with Gasteiger partial charge in [0.2, 0.25) is 0 Å². The molecule has 1 aromatic heterocycles. The first-order valence-electron chi connectivity index (χ1n) is 5.82. The zero-order valence-electron chi connectivity index (χ0n) is 10.2. The summed E-state index contributed by atoms with van der Waals surface area (Å²) in [5.41, 5.74) is 2.81. The van der Waals surface area contributed by atoms with E-state index in [2.05, 4.69) is 10.4 Å². The van der Waals surface area contributed by atoms with Gasteiger partial charge < -0.3 is 15.5 Å². The highest BCUT2D eigenvalue weighted by Crippen LogP contribution is 2.20. The highest BCUT2D eigenvalue weighted by Gasteiger charge is 2.04. The second-order valence-corrected chi connectivity index (χ2v) is 4.17. The van der Waals surface area contributed by atoms with Gasteiger partial charge >= 0.3 is 0 Å². The van der Waals surface area contributed by atoms with Crippen LogP contribution in [0.3, 0.4) is 0 Å². The van der Waals surface area contributed by atoms with E-state index in [-0.39, 0.29) is 6.61 Å². The minimum absolute atomic E-state index is 0.243. The molecule has 3 N–H and O–H groups in total. The SMILES string of the molecule is Cn1ccc(-c2cccc(NCC(O)CO)c2)n1. The second kappa shape index (κ2) is 5.66. The van der Waals surface area contributed by atoms with E-state index < -0.39 is 6.10 Å². The van der Waals surface area contributed by atoms with Crippen LogP contribution in [0.1, 0.15) is 0 Å². The number of nitrogens with one attached hydrogen (secondary N) is 1. The molecule has 2 aromatic rings. The van der Waals surface area contributed by atoms with Crippen LogP contribution in [0.5, 0.6) is 0 Å². The van der Waals surface area contributed by atoms with Gasteiger partial charge in [0, 0.05) is 31.0 Å². The van der Waals surface area contributed by atoms with Crippen molar-refractivity contribution in [1.82, 2.24) is 9.78 Å². The first-order chi connectivity index (χ1) is 8.69. The number of anilines is 1. The predicted octanol–water partition coefficient (Wildman–Crippen LogP) is 0.852. The lowest BCUT2D eigenvalue weighted by molar-refractivity contribution is 0.105. The van der Waals surface area contributed by atoms with Crippen LogP contribution in [0.15, 0.2) is 36.5 Å². The molecule has 1 unspecified atom stereocenters. The van der Waals surface area contributed by atoms with Gasteiger partial charge in [0.25, 0.3) is 0 Å². The van der Waals surface area contributed by atoms with Gasteiger partial charge in [-0.3, -0.25) is 4.68 Å². The lowest BCUT2D eigenvalue weighted by Gasteiger charge is -2.10. The Kier molecular flexibility index (Phi) is 3.96. The van der Waals surface area contributed by atoms with Crippen LogP contribution in [0.4, 0.5) is 5.69 Å². The third-order valence-electron chi connectivity index (χ3n) is 2.62. The molecule has 0 aliphatic carbocycles. The third-order valence-corrected chi connectivity index (χ3v) is 2.62. The molecular weight excluding hydrogens is 230 g/mol. The zero-order valence-corrected chi connectivity index (χ0v) is 10.2. The van der Waals surface area contributed by atoms with Crippen molar-refractivity contribution in [3.63, 3.8) is 0 Å². The van der Waals surface area contributed by atoms with Gasteiger partial charge in [-0.1, -0.05) is 12.1 Å². The molecule has 0 spiro atoms. The number of hydrogen-bond donors (Lipinski definition) is 3. The number of rotatable bonds is 5. The number of aliphatic hydroxyl groups excluding tert-OH is 2. The fraction of sp³-hybridized carbons (Fsp3) is 0.308. The number of hydrogen-bond acceptors (Lipinski definition) is 4. The van der Waals surface area contributed by atoms with Gasteiger partial charge in [0.1, 0.15) is 0 Å². The van der Waals surface area contributed by atoms with Crippen molar-refractivity contribution >= 4 is 5.69 Å². The Hall–Kier alpha value is -1.85. The summed E-state index contributed by atoms with van der Waals surface area (Å²) >= 11 is 0. The largest absolute Gasteiger partial charge is 0.394 e. The van der Waals surface area contributed by atoms with Gasteiger partial charge in [-0.05, 0) is 18.2 Å². The van der Waals surface area contributed by atoms with Gasteiger partial charge in [0.05, 0.1) is 18.4 Å². The average Bonchev–Trinajstić information content (AvgIpc) is 2.83. The standard InChI is InChI=1S/C13H17N3O2/c1-16-6-5-13(15-16)10-3-2-4-11(7-10)14-8-12(18)9-17/h2-7,12,14,17-18H,8-9H2,1H3. The first-order valence-corrected chi connectivity index (χ1v) is 5.82. The third kappa shape index (κ3) is 3.09. The highest BCUT2D eigenvalue weighted by atomic mass is 16.3. The van der Waals surface area contributed by atoms with Crippen LogP contribution in [-0.2, 0) is 7.05 Å². The highest BCUT2D eigenvalue weighted by molar-refractivity contribution is 5.64. The van der Waals surface area contributed by atoms with E-state index in [0.29, 0.717) is 6.54 Å². The molecule has 2 rings (SSSR count). The van der Waals surface area contributed by atoms with Crippen LogP contribution in [-0.4, -0.2) is 39.2 Å². The maximum absolute atomic E-state index is 9.28. The Morgan fingerprint density at radius 1 is 1.39 bits per heavy atom. The minimum Gasteiger partial charge on any atom is -0.394 e. The van der Waals surface area contributed by atoms with Gasteiger partial charge in [-0.2, -0.15) is 5.10 Å². The van der Waals surface area contributed by atoms with Crippen LogP contribution in [0, 0.1) is 0 Å². The van der Waals surface area contributed by atoms with Gasteiger partial charge in [-0.15, -0.1) is 0 Å². The zero-order chi connectivity index (χ0) is 13.0. The van der Waals surface area contributed by atoms with E-state index in [9.17, 15) is 5.11 Å². The summed E-state index contributed by atoms with van der Waals surface area (Å²) in [5, 5.41) is 25.4. The molecule has 1 atom stereocenters. The quantitative estimate of drug-likeness (QED) is 0.732. The number of aliphatic hydroxyl groups is 2. The van der Waals surface area contributed by atoms with Crippen molar-refractivity contribution in [3.8, 4) is 11.3 Å². The summed E-state index contributed by atoms with van der Waals surface area (Å²) < 4.78 is 1.75. The molecule has 96 valence electrons. The second-order valence-electron chi connectivity index (χ2n) is 4.17. The van der Waals surface area contributed by atoms with E-state index >= 15 is 0 Å². The molecule has 1 aromatic carbocycles. The van der Waals surface area contributed by atoms with Crippen LogP contribution in [0.25, 0.3) is 11.3 Å². The summed E-state index contributed by atoms with van der Waals surface area (Å²) in [6, 6.07) is 9.73. The molecule has 0 amide bonds. The maximum atomic E-state index is 9.28. The predicted molar refractivity (Wildman–Crippen MR) is 70.2 cm³/mol. The van der Waals surface area contributed by atoms with E-state index in [1.807, 2.05) is 43.6 Å². The van der Waals surface area contributed by atoms with E-state index in [1.165, 1.54) is 0 Å². The molecule has 18 heavy (non-hydrogen) atoms.